The van der Waals surface area contributed by atoms with E-state index in [1.165, 1.54) is 12.1 Å². The number of hydrogen-bond acceptors (Lipinski definition) is 6. The number of carboxylic acids is 1. The van der Waals surface area contributed by atoms with Crippen LogP contribution in [0.15, 0.2) is 48.5 Å². The van der Waals surface area contributed by atoms with Crippen LogP contribution in [0.25, 0.3) is 0 Å². The number of nitrogen functional groups attached to an aromatic ring is 2. The summed E-state index contributed by atoms with van der Waals surface area (Å²) in [4.78, 5) is 10.3. The Labute approximate surface area is 145 Å². The number of carbonyl (C=O) groups is 1. The van der Waals surface area contributed by atoms with Crippen molar-refractivity contribution >= 4 is 27.5 Å². The molecule has 0 aliphatic rings. The molecule has 9 heteroatoms. The molecule has 0 heterocycles. The molecule has 0 aromatic heterocycles. The lowest BCUT2D eigenvalue weighted by atomic mass is 10.2. The van der Waals surface area contributed by atoms with Gasteiger partial charge in [0, 0.05) is 17.4 Å². The van der Waals surface area contributed by atoms with Crippen molar-refractivity contribution in [3.8, 4) is 5.75 Å². The fourth-order valence-electron chi connectivity index (χ4n) is 1.71. The maximum absolute atomic E-state index is 10.4. The van der Waals surface area contributed by atoms with Crippen molar-refractivity contribution in [3.63, 3.8) is 0 Å². The molecule has 136 valence electrons. The quantitative estimate of drug-likeness (QED) is 0.342. The van der Waals surface area contributed by atoms with Crippen LogP contribution >= 0.6 is 0 Å². The lowest BCUT2D eigenvalue weighted by Gasteiger charge is -2.05. The molecule has 2 rings (SSSR count). The highest BCUT2D eigenvalue weighted by Gasteiger charge is 2.03. The smallest absolute Gasteiger partial charge is 0.335 e. The Bertz CT molecular complexity index is 808. The van der Waals surface area contributed by atoms with Crippen LogP contribution < -0.4 is 16.2 Å². The van der Waals surface area contributed by atoms with E-state index in [0.29, 0.717) is 17.1 Å². The van der Waals surface area contributed by atoms with Crippen molar-refractivity contribution in [2.45, 2.75) is 6.42 Å². The number of rotatable bonds is 6. The van der Waals surface area contributed by atoms with Gasteiger partial charge in [-0.15, -0.1) is 0 Å². The van der Waals surface area contributed by atoms with Crippen LogP contribution in [0.5, 0.6) is 5.75 Å². The standard InChI is InChI=1S/C9H13NO4S.C7H7NO2/c10-8-3-1-4-9(7-8)14-5-2-6-15(11,12)13;8-6-3-1-2-5(4-6)7(9)10/h1,3-4,7H,2,5-6,10H2,(H,11,12,13);1-4H,8H2,(H,9,10). The summed E-state index contributed by atoms with van der Waals surface area (Å²) in [6.07, 6.45) is 0.244. The van der Waals surface area contributed by atoms with Gasteiger partial charge in [-0.05, 0) is 36.8 Å². The van der Waals surface area contributed by atoms with Crippen molar-refractivity contribution in [1.82, 2.24) is 0 Å². The molecular weight excluding hydrogens is 348 g/mol. The molecule has 0 aliphatic heterocycles. The molecule has 0 bridgehead atoms. The van der Waals surface area contributed by atoms with Crippen LogP contribution in [0, 0.1) is 0 Å². The molecule has 6 N–H and O–H groups in total. The van der Waals surface area contributed by atoms with Gasteiger partial charge in [-0.1, -0.05) is 12.1 Å². The predicted octanol–water partition coefficient (Wildman–Crippen LogP) is 1.89. The zero-order valence-corrected chi connectivity index (χ0v) is 14.1. The van der Waals surface area contributed by atoms with E-state index < -0.39 is 16.1 Å². The lowest BCUT2D eigenvalue weighted by molar-refractivity contribution is 0.0697. The van der Waals surface area contributed by atoms with Crippen LogP contribution in [0.3, 0.4) is 0 Å². The molecule has 0 fully saturated rings. The molecule has 2 aromatic carbocycles. The average molecular weight is 368 g/mol. The normalized spacial score (nSPS) is 10.4. The highest BCUT2D eigenvalue weighted by Crippen LogP contribution is 2.14. The fourth-order valence-corrected chi connectivity index (χ4v) is 2.19. The monoisotopic (exact) mass is 368 g/mol. The number of ether oxygens (including phenoxy) is 1. The minimum Gasteiger partial charge on any atom is -0.493 e. The Hall–Kier alpha value is -2.78. The van der Waals surface area contributed by atoms with Gasteiger partial charge in [0.25, 0.3) is 10.1 Å². The van der Waals surface area contributed by atoms with E-state index in [0.717, 1.165) is 0 Å². The first-order valence-electron chi connectivity index (χ1n) is 7.20. The highest BCUT2D eigenvalue weighted by atomic mass is 32.2. The topological polar surface area (TPSA) is 153 Å². The molecule has 2 aromatic rings. The maximum atomic E-state index is 10.4. The molecule has 25 heavy (non-hydrogen) atoms. The SMILES string of the molecule is Nc1cccc(C(=O)O)c1.Nc1cccc(OCCCS(=O)(=O)O)c1. The number of nitrogens with two attached hydrogens (primary N) is 2. The van der Waals surface area contributed by atoms with Gasteiger partial charge < -0.3 is 21.3 Å². The summed E-state index contributed by atoms with van der Waals surface area (Å²) in [6.45, 7) is 0.225. The zero-order valence-electron chi connectivity index (χ0n) is 13.3. The number of hydrogen-bond donors (Lipinski definition) is 4. The number of aromatic carboxylic acids is 1. The second-order valence-corrected chi connectivity index (χ2v) is 6.56. The number of carboxylic acid groups (broad SMARTS) is 1. The molecule has 0 amide bonds. The Morgan fingerprint density at radius 2 is 1.64 bits per heavy atom. The molecule has 0 unspecified atom stereocenters. The highest BCUT2D eigenvalue weighted by molar-refractivity contribution is 7.85. The third-order valence-electron chi connectivity index (χ3n) is 2.81. The number of benzene rings is 2. The fraction of sp³-hybridized carbons (Fsp3) is 0.188. The van der Waals surface area contributed by atoms with Gasteiger partial charge in [0.1, 0.15) is 5.75 Å². The zero-order chi connectivity index (χ0) is 18.9. The Morgan fingerprint density at radius 3 is 2.12 bits per heavy atom. The Morgan fingerprint density at radius 1 is 1.04 bits per heavy atom. The van der Waals surface area contributed by atoms with Crippen LogP contribution in [0.4, 0.5) is 11.4 Å². The van der Waals surface area contributed by atoms with Gasteiger partial charge in [0.15, 0.2) is 0 Å². The molecule has 0 radical (unpaired) electrons. The van der Waals surface area contributed by atoms with Gasteiger partial charge in [-0.3, -0.25) is 4.55 Å². The van der Waals surface area contributed by atoms with Crippen LogP contribution in [-0.4, -0.2) is 36.4 Å². The molecule has 0 saturated carbocycles. The van der Waals surface area contributed by atoms with Crippen molar-refractivity contribution in [2.75, 3.05) is 23.8 Å². The summed E-state index contributed by atoms with van der Waals surface area (Å²) < 4.78 is 34.4. The third-order valence-corrected chi connectivity index (χ3v) is 3.61. The first-order valence-corrected chi connectivity index (χ1v) is 8.80. The Kier molecular flexibility index (Phi) is 7.70. The van der Waals surface area contributed by atoms with E-state index in [9.17, 15) is 13.2 Å². The van der Waals surface area contributed by atoms with E-state index in [2.05, 4.69) is 0 Å². The molecule has 0 spiro atoms. The van der Waals surface area contributed by atoms with Crippen molar-refractivity contribution in [1.29, 1.82) is 0 Å². The van der Waals surface area contributed by atoms with Crippen molar-refractivity contribution in [3.05, 3.63) is 54.1 Å². The summed E-state index contributed by atoms with van der Waals surface area (Å²) in [5.74, 6) is -0.660. The predicted molar refractivity (Wildman–Crippen MR) is 95.2 cm³/mol. The third kappa shape index (κ3) is 9.18. The van der Waals surface area contributed by atoms with E-state index >= 15 is 0 Å². The maximum Gasteiger partial charge on any atom is 0.335 e. The average Bonchev–Trinajstić information content (AvgIpc) is 2.51. The van der Waals surface area contributed by atoms with Gasteiger partial charge in [-0.25, -0.2) is 4.79 Å². The summed E-state index contributed by atoms with van der Waals surface area (Å²) >= 11 is 0. The first kappa shape index (κ1) is 20.3. The summed E-state index contributed by atoms with van der Waals surface area (Å²) in [5, 5.41) is 8.45. The van der Waals surface area contributed by atoms with Crippen LogP contribution in [0.2, 0.25) is 0 Å². The second-order valence-electron chi connectivity index (χ2n) is 4.99. The largest absolute Gasteiger partial charge is 0.493 e. The summed E-state index contributed by atoms with van der Waals surface area (Å²) in [7, 11) is -3.89. The molecule has 8 nitrogen and oxygen atoms in total. The van der Waals surface area contributed by atoms with E-state index in [-0.39, 0.29) is 24.3 Å². The first-order chi connectivity index (χ1) is 11.7. The Balaban J connectivity index is 0.000000271. The van der Waals surface area contributed by atoms with Gasteiger partial charge in [0.05, 0.1) is 17.9 Å². The lowest BCUT2D eigenvalue weighted by Crippen LogP contribution is -2.08. The van der Waals surface area contributed by atoms with E-state index in [1.807, 2.05) is 0 Å². The molecule has 0 saturated heterocycles. The number of anilines is 2. The molecular formula is C16H20N2O6S. The van der Waals surface area contributed by atoms with Crippen molar-refractivity contribution in [2.24, 2.45) is 0 Å². The van der Waals surface area contributed by atoms with Crippen LogP contribution in [0.1, 0.15) is 16.8 Å². The molecule has 0 atom stereocenters. The van der Waals surface area contributed by atoms with Gasteiger partial charge in [0.2, 0.25) is 0 Å². The van der Waals surface area contributed by atoms with Crippen LogP contribution in [-0.2, 0) is 10.1 Å². The van der Waals surface area contributed by atoms with Gasteiger partial charge in [-0.2, -0.15) is 8.42 Å². The summed E-state index contributed by atoms with van der Waals surface area (Å²) in [6, 6.07) is 13.0. The molecule has 0 aliphatic carbocycles. The second kappa shape index (κ2) is 9.50. The van der Waals surface area contributed by atoms with Gasteiger partial charge >= 0.3 is 5.97 Å². The summed E-state index contributed by atoms with van der Waals surface area (Å²) in [5.41, 5.74) is 12.1. The minimum atomic E-state index is -3.89. The van der Waals surface area contributed by atoms with E-state index in [1.54, 1.807) is 36.4 Å². The van der Waals surface area contributed by atoms with Crippen molar-refractivity contribution < 1.29 is 27.6 Å². The van der Waals surface area contributed by atoms with E-state index in [4.69, 9.17) is 25.9 Å². The minimum absolute atomic E-state index is 0.222.